The molecule has 2 aromatic rings. The van der Waals surface area contributed by atoms with E-state index in [1.807, 2.05) is 6.07 Å². The number of hydrogen-bond donors (Lipinski definition) is 1. The molecule has 2 saturated heterocycles. The average molecular weight is 474 g/mol. The van der Waals surface area contributed by atoms with Crippen LogP contribution in [0.2, 0.25) is 0 Å². The van der Waals surface area contributed by atoms with Gasteiger partial charge in [0, 0.05) is 25.1 Å². The van der Waals surface area contributed by atoms with Gasteiger partial charge in [0.05, 0.1) is 0 Å². The van der Waals surface area contributed by atoms with Crippen LogP contribution in [0.1, 0.15) is 85.0 Å². The van der Waals surface area contributed by atoms with E-state index in [1.165, 1.54) is 16.7 Å². The molecule has 0 aliphatic carbocycles. The zero-order valence-electron chi connectivity index (χ0n) is 21.0. The van der Waals surface area contributed by atoms with E-state index in [2.05, 4.69) is 67.4 Å². The molecule has 1 atom stereocenters. The topological polar surface area (TPSA) is 69.7 Å². The monoisotopic (exact) mass is 473 g/mol. The van der Waals surface area contributed by atoms with E-state index in [-0.39, 0.29) is 29.6 Å². The fraction of sp³-hybridized carbons (Fsp3) is 0.483. The third-order valence-corrected chi connectivity index (χ3v) is 7.83. The molecule has 1 unspecified atom stereocenters. The molecule has 0 radical (unpaired) electrons. The number of piperidine rings is 2. The van der Waals surface area contributed by atoms with Crippen LogP contribution in [-0.2, 0) is 28.1 Å². The van der Waals surface area contributed by atoms with Crippen LogP contribution in [0.3, 0.4) is 0 Å². The summed E-state index contributed by atoms with van der Waals surface area (Å²) in [6, 6.07) is 14.7. The van der Waals surface area contributed by atoms with E-state index < -0.39 is 6.04 Å². The standard InChI is InChI=1S/C29H35N3O3/c1-29(2,3)23-7-4-19(5-8-23)17-31-14-12-20(13-15-31)21-6-9-24-22(16-21)18-32(28(24)35)25-10-11-26(33)30-27(25)34/h4-9,16,20,25H,10-15,17-18H2,1-3H3,(H,30,33,34). The first-order chi connectivity index (χ1) is 16.7. The number of rotatable bonds is 4. The Morgan fingerprint density at radius 1 is 0.943 bits per heavy atom. The summed E-state index contributed by atoms with van der Waals surface area (Å²) in [5.41, 5.74) is 5.88. The van der Waals surface area contributed by atoms with Crippen LogP contribution in [0.15, 0.2) is 42.5 Å². The van der Waals surface area contributed by atoms with Crippen molar-refractivity contribution in [1.29, 1.82) is 0 Å². The maximum absolute atomic E-state index is 13.0. The van der Waals surface area contributed by atoms with E-state index >= 15 is 0 Å². The van der Waals surface area contributed by atoms with Crippen LogP contribution in [0.25, 0.3) is 0 Å². The van der Waals surface area contributed by atoms with Crippen LogP contribution < -0.4 is 5.32 Å². The highest BCUT2D eigenvalue weighted by Gasteiger charge is 2.39. The Kier molecular flexibility index (Phi) is 6.26. The number of amides is 3. The molecule has 1 N–H and O–H groups in total. The summed E-state index contributed by atoms with van der Waals surface area (Å²) < 4.78 is 0. The number of likely N-dealkylation sites (tertiary alicyclic amines) is 1. The van der Waals surface area contributed by atoms with Gasteiger partial charge in [-0.1, -0.05) is 57.2 Å². The number of carbonyl (C=O) groups is 3. The third-order valence-electron chi connectivity index (χ3n) is 7.83. The lowest BCUT2D eigenvalue weighted by atomic mass is 9.86. The molecule has 3 heterocycles. The Balaban J connectivity index is 1.19. The highest BCUT2D eigenvalue weighted by atomic mass is 16.2. The molecule has 5 rings (SSSR count). The predicted octanol–water partition coefficient (Wildman–Crippen LogP) is 4.12. The van der Waals surface area contributed by atoms with Crippen molar-refractivity contribution in [2.45, 2.75) is 76.9 Å². The van der Waals surface area contributed by atoms with Gasteiger partial charge in [-0.25, -0.2) is 0 Å². The van der Waals surface area contributed by atoms with Gasteiger partial charge in [-0.2, -0.15) is 0 Å². The minimum Gasteiger partial charge on any atom is -0.322 e. The van der Waals surface area contributed by atoms with Gasteiger partial charge in [-0.3, -0.25) is 24.6 Å². The summed E-state index contributed by atoms with van der Waals surface area (Å²) in [7, 11) is 0. The molecule has 6 nitrogen and oxygen atoms in total. The SMILES string of the molecule is CC(C)(C)c1ccc(CN2CCC(c3ccc4c(c3)CN(C3CCC(=O)NC3=O)C4=O)CC2)cc1. The van der Waals surface area contributed by atoms with Gasteiger partial charge >= 0.3 is 0 Å². The molecule has 0 spiro atoms. The lowest BCUT2D eigenvalue weighted by molar-refractivity contribution is -0.136. The fourth-order valence-corrected chi connectivity index (χ4v) is 5.64. The van der Waals surface area contributed by atoms with Crippen molar-refractivity contribution < 1.29 is 14.4 Å². The predicted molar refractivity (Wildman–Crippen MR) is 135 cm³/mol. The Morgan fingerprint density at radius 2 is 1.66 bits per heavy atom. The lowest BCUT2D eigenvalue weighted by Gasteiger charge is -2.32. The molecule has 0 saturated carbocycles. The summed E-state index contributed by atoms with van der Waals surface area (Å²) in [6.07, 6.45) is 2.88. The second-order valence-corrected chi connectivity index (χ2v) is 11.3. The normalized spacial score (nSPS) is 21.9. The van der Waals surface area contributed by atoms with Crippen molar-refractivity contribution in [2.75, 3.05) is 13.1 Å². The minimum absolute atomic E-state index is 0.103. The quantitative estimate of drug-likeness (QED) is 0.678. The zero-order valence-corrected chi connectivity index (χ0v) is 21.0. The first-order valence-corrected chi connectivity index (χ1v) is 12.8. The van der Waals surface area contributed by atoms with Gasteiger partial charge in [0.15, 0.2) is 0 Å². The van der Waals surface area contributed by atoms with Gasteiger partial charge in [0.25, 0.3) is 5.91 Å². The van der Waals surface area contributed by atoms with Crippen molar-refractivity contribution in [3.63, 3.8) is 0 Å². The van der Waals surface area contributed by atoms with Crippen molar-refractivity contribution in [3.8, 4) is 0 Å². The lowest BCUT2D eigenvalue weighted by Crippen LogP contribution is -2.52. The molecular formula is C29H35N3O3. The zero-order chi connectivity index (χ0) is 24.7. The summed E-state index contributed by atoms with van der Waals surface area (Å²) in [6.45, 7) is 10.3. The van der Waals surface area contributed by atoms with Crippen LogP contribution in [0.5, 0.6) is 0 Å². The molecule has 3 aliphatic heterocycles. The molecule has 3 amide bonds. The van der Waals surface area contributed by atoms with E-state index in [0.29, 0.717) is 24.4 Å². The van der Waals surface area contributed by atoms with E-state index in [0.717, 1.165) is 38.0 Å². The van der Waals surface area contributed by atoms with E-state index in [1.54, 1.807) is 4.90 Å². The molecule has 0 aromatic heterocycles. The Hall–Kier alpha value is -2.99. The van der Waals surface area contributed by atoms with Crippen molar-refractivity contribution in [2.24, 2.45) is 0 Å². The van der Waals surface area contributed by atoms with Gasteiger partial charge in [-0.05, 0) is 72.0 Å². The van der Waals surface area contributed by atoms with Crippen LogP contribution in [0, 0.1) is 0 Å². The van der Waals surface area contributed by atoms with E-state index in [9.17, 15) is 14.4 Å². The molecule has 6 heteroatoms. The molecule has 2 fully saturated rings. The van der Waals surface area contributed by atoms with Gasteiger partial charge in [0.2, 0.25) is 11.8 Å². The summed E-state index contributed by atoms with van der Waals surface area (Å²) in [4.78, 5) is 40.9. The molecule has 0 bridgehead atoms. The Labute approximate surface area is 207 Å². The van der Waals surface area contributed by atoms with Crippen LogP contribution in [0.4, 0.5) is 0 Å². The van der Waals surface area contributed by atoms with Crippen molar-refractivity contribution in [3.05, 3.63) is 70.3 Å². The molecule has 35 heavy (non-hydrogen) atoms. The summed E-state index contributed by atoms with van der Waals surface area (Å²) >= 11 is 0. The Morgan fingerprint density at radius 3 is 2.31 bits per heavy atom. The third kappa shape index (κ3) is 4.90. The van der Waals surface area contributed by atoms with Crippen LogP contribution >= 0.6 is 0 Å². The number of nitrogens with zero attached hydrogens (tertiary/aromatic N) is 2. The number of nitrogens with one attached hydrogen (secondary N) is 1. The fourth-order valence-electron chi connectivity index (χ4n) is 5.64. The highest BCUT2D eigenvalue weighted by molar-refractivity contribution is 6.05. The number of benzene rings is 2. The minimum atomic E-state index is -0.559. The van der Waals surface area contributed by atoms with Crippen molar-refractivity contribution in [1.82, 2.24) is 15.1 Å². The number of hydrogen-bond acceptors (Lipinski definition) is 4. The van der Waals surface area contributed by atoms with E-state index in [4.69, 9.17) is 0 Å². The molecule has 3 aliphatic rings. The first-order valence-electron chi connectivity index (χ1n) is 12.8. The number of fused-ring (bicyclic) bond motifs is 1. The Bertz CT molecular complexity index is 1140. The molecular weight excluding hydrogens is 438 g/mol. The van der Waals surface area contributed by atoms with Gasteiger partial charge in [-0.15, -0.1) is 0 Å². The van der Waals surface area contributed by atoms with Gasteiger partial charge < -0.3 is 4.90 Å². The maximum atomic E-state index is 13.0. The largest absolute Gasteiger partial charge is 0.322 e. The first kappa shape index (κ1) is 23.7. The molecule has 184 valence electrons. The van der Waals surface area contributed by atoms with Crippen LogP contribution in [-0.4, -0.2) is 46.7 Å². The second-order valence-electron chi connectivity index (χ2n) is 11.3. The molecule has 2 aromatic carbocycles. The summed E-state index contributed by atoms with van der Waals surface area (Å²) in [5, 5.41) is 2.37. The smallest absolute Gasteiger partial charge is 0.255 e. The highest BCUT2D eigenvalue weighted by Crippen LogP contribution is 2.34. The average Bonchev–Trinajstić information content (AvgIpc) is 3.15. The van der Waals surface area contributed by atoms with Crippen molar-refractivity contribution >= 4 is 17.7 Å². The number of carbonyl (C=O) groups excluding carboxylic acids is 3. The summed E-state index contributed by atoms with van der Waals surface area (Å²) in [5.74, 6) is -0.234. The van der Waals surface area contributed by atoms with Gasteiger partial charge in [0.1, 0.15) is 6.04 Å². The second kappa shape index (κ2) is 9.23. The maximum Gasteiger partial charge on any atom is 0.255 e. The number of imide groups is 1.